The summed E-state index contributed by atoms with van der Waals surface area (Å²) in [6.07, 6.45) is -2.77. The molecule has 1 aromatic carbocycles. The summed E-state index contributed by atoms with van der Waals surface area (Å²) in [5.74, 6) is -1.11. The van der Waals surface area contributed by atoms with Gasteiger partial charge in [-0.15, -0.1) is 11.6 Å². The van der Waals surface area contributed by atoms with Crippen LogP contribution >= 0.6 is 11.6 Å². The molecule has 2 N–H and O–H groups in total. The second-order valence-corrected chi connectivity index (χ2v) is 3.87. The number of alkyl halides is 1. The highest BCUT2D eigenvalue weighted by atomic mass is 35.5. The third kappa shape index (κ3) is 2.91. The van der Waals surface area contributed by atoms with E-state index in [-0.39, 0.29) is 17.0 Å². The first-order valence-corrected chi connectivity index (χ1v) is 5.28. The fourth-order valence-corrected chi connectivity index (χ4v) is 1.64. The molecule has 0 bridgehead atoms. The third-order valence-corrected chi connectivity index (χ3v) is 2.74. The topological polar surface area (TPSA) is 83.6 Å². The molecule has 5 nitrogen and oxygen atoms in total. The molecule has 0 heterocycles. The minimum atomic E-state index is -1.46. The highest BCUT2D eigenvalue weighted by Gasteiger charge is 2.25. The molecule has 0 saturated carbocycles. The van der Waals surface area contributed by atoms with E-state index >= 15 is 0 Å². The van der Waals surface area contributed by atoms with Crippen LogP contribution in [0, 0.1) is 22.9 Å². The minimum absolute atomic E-state index is 0.0372. The Labute approximate surface area is 102 Å². The molecule has 2 unspecified atom stereocenters. The predicted molar refractivity (Wildman–Crippen MR) is 59.5 cm³/mol. The molecular weight excluding hydrogens is 253 g/mol. The minimum Gasteiger partial charge on any atom is -0.389 e. The van der Waals surface area contributed by atoms with Crippen molar-refractivity contribution in [1.29, 1.82) is 0 Å². The molecule has 17 heavy (non-hydrogen) atoms. The summed E-state index contributed by atoms with van der Waals surface area (Å²) in [6.45, 7) is 1.37. The van der Waals surface area contributed by atoms with E-state index in [0.29, 0.717) is 0 Å². The van der Waals surface area contributed by atoms with Gasteiger partial charge in [0.15, 0.2) is 0 Å². The normalized spacial score (nSPS) is 14.4. The van der Waals surface area contributed by atoms with Crippen molar-refractivity contribution in [3.05, 3.63) is 39.2 Å². The van der Waals surface area contributed by atoms with Crippen molar-refractivity contribution < 1.29 is 19.5 Å². The molecule has 0 saturated heterocycles. The van der Waals surface area contributed by atoms with Gasteiger partial charge in [0.25, 0.3) is 5.69 Å². The van der Waals surface area contributed by atoms with Crippen LogP contribution in [0.3, 0.4) is 0 Å². The van der Waals surface area contributed by atoms with E-state index in [1.54, 1.807) is 0 Å². The van der Waals surface area contributed by atoms with Crippen LogP contribution in [0.25, 0.3) is 0 Å². The van der Waals surface area contributed by atoms with Crippen molar-refractivity contribution in [1.82, 2.24) is 0 Å². The van der Waals surface area contributed by atoms with Crippen LogP contribution in [0.15, 0.2) is 12.1 Å². The van der Waals surface area contributed by atoms with Crippen molar-refractivity contribution in [2.75, 3.05) is 5.88 Å². The number of benzene rings is 1. The van der Waals surface area contributed by atoms with Crippen molar-refractivity contribution in [2.24, 2.45) is 0 Å². The Morgan fingerprint density at radius 2 is 2.12 bits per heavy atom. The molecular formula is C10H11ClFNO4. The van der Waals surface area contributed by atoms with Gasteiger partial charge in [-0.3, -0.25) is 10.1 Å². The number of nitro groups is 1. The number of hydrogen-bond donors (Lipinski definition) is 2. The molecule has 7 heteroatoms. The largest absolute Gasteiger partial charge is 0.389 e. The number of rotatable bonds is 4. The molecule has 0 aliphatic heterocycles. The SMILES string of the molecule is Cc1c(C(O)C(O)CCl)cc(F)cc1[N+](=O)[O-]. The van der Waals surface area contributed by atoms with Gasteiger partial charge in [0, 0.05) is 5.56 Å². The zero-order valence-corrected chi connectivity index (χ0v) is 9.69. The predicted octanol–water partition coefficient (Wildman–Crippen LogP) is 1.68. The first-order valence-electron chi connectivity index (χ1n) is 4.75. The smallest absolute Gasteiger partial charge is 0.275 e. The van der Waals surface area contributed by atoms with Crippen LogP contribution in [0.4, 0.5) is 10.1 Å². The van der Waals surface area contributed by atoms with E-state index in [1.165, 1.54) is 6.92 Å². The average Bonchev–Trinajstić information content (AvgIpc) is 2.29. The van der Waals surface area contributed by atoms with Gasteiger partial charge in [0.05, 0.1) is 23.0 Å². The van der Waals surface area contributed by atoms with Crippen molar-refractivity contribution in [2.45, 2.75) is 19.1 Å². The number of hydrogen-bond acceptors (Lipinski definition) is 4. The maximum Gasteiger partial charge on any atom is 0.275 e. The summed E-state index contributed by atoms with van der Waals surface area (Å²) in [7, 11) is 0. The fourth-order valence-electron chi connectivity index (χ4n) is 1.47. The van der Waals surface area contributed by atoms with Crippen molar-refractivity contribution in [3.8, 4) is 0 Å². The Balaban J connectivity index is 3.29. The van der Waals surface area contributed by atoms with E-state index in [9.17, 15) is 24.7 Å². The average molecular weight is 264 g/mol. The van der Waals surface area contributed by atoms with E-state index in [0.717, 1.165) is 12.1 Å². The first kappa shape index (κ1) is 13.8. The van der Waals surface area contributed by atoms with Gasteiger partial charge in [0.1, 0.15) is 11.9 Å². The number of aliphatic hydroxyl groups excluding tert-OH is 2. The lowest BCUT2D eigenvalue weighted by Gasteiger charge is -2.17. The molecule has 1 rings (SSSR count). The molecule has 0 aromatic heterocycles. The Kier molecular flexibility index (Phi) is 4.39. The Morgan fingerprint density at radius 1 is 1.53 bits per heavy atom. The van der Waals surface area contributed by atoms with Gasteiger partial charge in [-0.2, -0.15) is 0 Å². The van der Waals surface area contributed by atoms with E-state index < -0.39 is 28.6 Å². The number of nitro benzene ring substituents is 1. The molecule has 0 aliphatic rings. The quantitative estimate of drug-likeness (QED) is 0.492. The Bertz CT molecular complexity index is 441. The maximum absolute atomic E-state index is 13.2. The van der Waals surface area contributed by atoms with Gasteiger partial charge >= 0.3 is 0 Å². The van der Waals surface area contributed by atoms with Gasteiger partial charge in [0.2, 0.25) is 0 Å². The lowest BCUT2D eigenvalue weighted by Crippen LogP contribution is -2.21. The summed E-state index contributed by atoms with van der Waals surface area (Å²) in [5.41, 5.74) is -0.376. The van der Waals surface area contributed by atoms with E-state index in [1.807, 2.05) is 0 Å². The molecule has 0 amide bonds. The standard InChI is InChI=1S/C10H11ClFNO4/c1-5-7(10(15)9(14)4-11)2-6(12)3-8(5)13(16)17/h2-3,9-10,14-15H,4H2,1H3. The molecule has 0 radical (unpaired) electrons. The second-order valence-electron chi connectivity index (χ2n) is 3.56. The third-order valence-electron chi connectivity index (χ3n) is 2.42. The first-order chi connectivity index (χ1) is 7.88. The number of nitrogens with zero attached hydrogens (tertiary/aromatic N) is 1. The highest BCUT2D eigenvalue weighted by Crippen LogP contribution is 2.29. The van der Waals surface area contributed by atoms with Crippen LogP contribution in [0.1, 0.15) is 17.2 Å². The Morgan fingerprint density at radius 3 is 2.59 bits per heavy atom. The fraction of sp³-hybridized carbons (Fsp3) is 0.400. The molecule has 2 atom stereocenters. The molecule has 94 valence electrons. The number of aliphatic hydroxyl groups is 2. The maximum atomic E-state index is 13.2. The summed E-state index contributed by atoms with van der Waals surface area (Å²) < 4.78 is 13.2. The number of halogens is 2. The summed E-state index contributed by atoms with van der Waals surface area (Å²) in [6, 6.07) is 1.71. The summed E-state index contributed by atoms with van der Waals surface area (Å²) in [5, 5.41) is 29.7. The second kappa shape index (κ2) is 5.39. The zero-order chi connectivity index (χ0) is 13.2. The van der Waals surface area contributed by atoms with E-state index in [4.69, 9.17) is 11.6 Å². The van der Waals surface area contributed by atoms with Crippen molar-refractivity contribution >= 4 is 17.3 Å². The van der Waals surface area contributed by atoms with Crippen LogP contribution in [-0.2, 0) is 0 Å². The lowest BCUT2D eigenvalue weighted by atomic mass is 9.98. The van der Waals surface area contributed by atoms with Gasteiger partial charge in [-0.05, 0) is 18.6 Å². The van der Waals surface area contributed by atoms with Gasteiger partial charge in [-0.25, -0.2) is 4.39 Å². The van der Waals surface area contributed by atoms with Crippen molar-refractivity contribution in [3.63, 3.8) is 0 Å². The Hall–Kier alpha value is -1.24. The van der Waals surface area contributed by atoms with Crippen LogP contribution in [-0.4, -0.2) is 27.1 Å². The molecule has 0 fully saturated rings. The highest BCUT2D eigenvalue weighted by molar-refractivity contribution is 6.18. The van der Waals surface area contributed by atoms with E-state index in [2.05, 4.69) is 0 Å². The summed E-state index contributed by atoms with van der Waals surface area (Å²) in [4.78, 5) is 9.91. The van der Waals surface area contributed by atoms with Gasteiger partial charge in [-0.1, -0.05) is 0 Å². The molecule has 1 aromatic rings. The molecule has 0 aliphatic carbocycles. The van der Waals surface area contributed by atoms with Crippen LogP contribution in [0.5, 0.6) is 0 Å². The van der Waals surface area contributed by atoms with Crippen LogP contribution < -0.4 is 0 Å². The molecule has 0 spiro atoms. The lowest BCUT2D eigenvalue weighted by molar-refractivity contribution is -0.385. The monoisotopic (exact) mass is 263 g/mol. The summed E-state index contributed by atoms with van der Waals surface area (Å²) >= 11 is 5.35. The van der Waals surface area contributed by atoms with Gasteiger partial charge < -0.3 is 10.2 Å². The zero-order valence-electron chi connectivity index (χ0n) is 8.93. The van der Waals surface area contributed by atoms with Crippen LogP contribution in [0.2, 0.25) is 0 Å².